The van der Waals surface area contributed by atoms with Crippen molar-refractivity contribution in [2.75, 3.05) is 11.1 Å². The number of nitrogen functional groups attached to an aromatic ring is 1. The van der Waals surface area contributed by atoms with Crippen LogP contribution in [-0.2, 0) is 11.0 Å². The number of benzene rings is 1. The molecule has 0 saturated heterocycles. The maximum absolute atomic E-state index is 12.4. The van der Waals surface area contributed by atoms with E-state index < -0.39 is 17.6 Å². The topological polar surface area (TPSA) is 81.1 Å². The van der Waals surface area contributed by atoms with Crippen LogP contribution >= 0.6 is 0 Å². The molecule has 0 bridgehead atoms. The summed E-state index contributed by atoms with van der Waals surface area (Å²) in [6.07, 6.45) is -4.36. The first-order valence-corrected chi connectivity index (χ1v) is 5.21. The Kier molecular flexibility index (Phi) is 4.05. The molecule has 0 aliphatic carbocycles. The highest BCUT2D eigenvalue weighted by atomic mass is 19.4. The SMILES string of the molecule is CC(CC(N)=O)Nc1ccc(C(F)(F)F)cc1N. The molecule has 0 spiro atoms. The van der Waals surface area contributed by atoms with Crippen LogP contribution in [0.5, 0.6) is 0 Å². The Morgan fingerprint density at radius 1 is 1.44 bits per heavy atom. The Labute approximate surface area is 102 Å². The fraction of sp³-hybridized carbons (Fsp3) is 0.364. The number of primary amides is 1. The monoisotopic (exact) mass is 261 g/mol. The van der Waals surface area contributed by atoms with Crippen LogP contribution < -0.4 is 16.8 Å². The maximum Gasteiger partial charge on any atom is 0.416 e. The zero-order chi connectivity index (χ0) is 13.9. The van der Waals surface area contributed by atoms with Crippen LogP contribution in [0.2, 0.25) is 0 Å². The third-order valence-corrected chi connectivity index (χ3v) is 2.29. The van der Waals surface area contributed by atoms with Gasteiger partial charge in [-0.3, -0.25) is 4.79 Å². The van der Waals surface area contributed by atoms with Crippen LogP contribution in [0, 0.1) is 0 Å². The minimum atomic E-state index is -4.43. The van der Waals surface area contributed by atoms with Gasteiger partial charge in [0.25, 0.3) is 0 Å². The fourth-order valence-corrected chi connectivity index (χ4v) is 1.49. The van der Waals surface area contributed by atoms with Crippen molar-refractivity contribution in [3.8, 4) is 0 Å². The summed E-state index contributed by atoms with van der Waals surface area (Å²) in [5, 5.41) is 2.83. The molecule has 0 aliphatic rings. The number of nitrogens with two attached hydrogens (primary N) is 2. The van der Waals surface area contributed by atoms with E-state index in [1.807, 2.05) is 0 Å². The third-order valence-electron chi connectivity index (χ3n) is 2.29. The normalized spacial score (nSPS) is 13.1. The van der Waals surface area contributed by atoms with Gasteiger partial charge >= 0.3 is 6.18 Å². The number of amides is 1. The van der Waals surface area contributed by atoms with Gasteiger partial charge in [-0.1, -0.05) is 0 Å². The lowest BCUT2D eigenvalue weighted by molar-refractivity contribution is -0.137. The minimum absolute atomic E-state index is 0.0267. The number of halogens is 3. The second kappa shape index (κ2) is 5.16. The van der Waals surface area contributed by atoms with Crippen LogP contribution in [0.1, 0.15) is 18.9 Å². The summed E-state index contributed by atoms with van der Waals surface area (Å²) in [6.45, 7) is 1.68. The average molecular weight is 261 g/mol. The maximum atomic E-state index is 12.4. The van der Waals surface area contributed by atoms with Crippen molar-refractivity contribution in [2.45, 2.75) is 25.6 Å². The van der Waals surface area contributed by atoms with Crippen LogP contribution in [-0.4, -0.2) is 11.9 Å². The predicted octanol–water partition coefficient (Wildman–Crippen LogP) is 1.96. The van der Waals surface area contributed by atoms with Gasteiger partial charge in [-0.05, 0) is 25.1 Å². The van der Waals surface area contributed by atoms with E-state index in [9.17, 15) is 18.0 Å². The first kappa shape index (κ1) is 14.1. The first-order valence-electron chi connectivity index (χ1n) is 5.21. The summed E-state index contributed by atoms with van der Waals surface area (Å²) in [5.41, 5.74) is 10.0. The summed E-state index contributed by atoms with van der Waals surface area (Å²) in [6, 6.07) is 2.70. The Morgan fingerprint density at radius 3 is 2.50 bits per heavy atom. The highest BCUT2D eigenvalue weighted by Gasteiger charge is 2.30. The molecule has 7 heteroatoms. The standard InChI is InChI=1S/C11H14F3N3O/c1-6(4-10(16)18)17-9-3-2-7(5-8(9)15)11(12,13)14/h2-3,5-6,17H,4,15H2,1H3,(H2,16,18). The minimum Gasteiger partial charge on any atom is -0.397 e. The van der Waals surface area contributed by atoms with Crippen molar-refractivity contribution in [1.29, 1.82) is 0 Å². The number of nitrogens with one attached hydrogen (secondary N) is 1. The van der Waals surface area contributed by atoms with E-state index in [2.05, 4.69) is 5.32 Å². The number of rotatable bonds is 4. The smallest absolute Gasteiger partial charge is 0.397 e. The molecular formula is C11H14F3N3O. The summed E-state index contributed by atoms with van der Waals surface area (Å²) in [4.78, 5) is 10.7. The van der Waals surface area contributed by atoms with Crippen LogP contribution in [0.3, 0.4) is 0 Å². The third kappa shape index (κ3) is 3.83. The van der Waals surface area contributed by atoms with Gasteiger partial charge in [-0.25, -0.2) is 0 Å². The molecule has 0 heterocycles. The van der Waals surface area contributed by atoms with Gasteiger partial charge < -0.3 is 16.8 Å². The van der Waals surface area contributed by atoms with Gasteiger partial charge in [0, 0.05) is 12.5 Å². The highest BCUT2D eigenvalue weighted by Crippen LogP contribution is 2.33. The molecule has 0 radical (unpaired) electrons. The molecule has 1 amide bonds. The van der Waals surface area contributed by atoms with Gasteiger partial charge in [0.15, 0.2) is 0 Å². The molecule has 1 unspecified atom stereocenters. The molecule has 0 saturated carbocycles. The number of alkyl halides is 3. The largest absolute Gasteiger partial charge is 0.416 e. The van der Waals surface area contributed by atoms with E-state index in [0.717, 1.165) is 12.1 Å². The van der Waals surface area contributed by atoms with Crippen molar-refractivity contribution in [1.82, 2.24) is 0 Å². The molecular weight excluding hydrogens is 247 g/mol. The van der Waals surface area contributed by atoms with Crippen LogP contribution in [0.4, 0.5) is 24.5 Å². The summed E-state index contributed by atoms with van der Waals surface area (Å²) in [5.74, 6) is -0.500. The summed E-state index contributed by atoms with van der Waals surface area (Å²) in [7, 11) is 0. The molecule has 0 aromatic heterocycles. The molecule has 1 aromatic rings. The van der Waals surface area contributed by atoms with Crippen molar-refractivity contribution < 1.29 is 18.0 Å². The van der Waals surface area contributed by atoms with Crippen molar-refractivity contribution in [3.63, 3.8) is 0 Å². The predicted molar refractivity (Wildman–Crippen MR) is 62.8 cm³/mol. The van der Waals surface area contributed by atoms with Gasteiger partial charge in [-0.2, -0.15) is 13.2 Å². The second-order valence-corrected chi connectivity index (χ2v) is 4.02. The molecule has 100 valence electrons. The highest BCUT2D eigenvalue weighted by molar-refractivity contribution is 5.75. The zero-order valence-electron chi connectivity index (χ0n) is 9.71. The van der Waals surface area contributed by atoms with Crippen molar-refractivity contribution in [2.24, 2.45) is 5.73 Å². The number of carbonyl (C=O) groups excluding carboxylic acids is 1. The number of hydrogen-bond donors (Lipinski definition) is 3. The lowest BCUT2D eigenvalue weighted by Gasteiger charge is -2.16. The molecule has 0 aliphatic heterocycles. The molecule has 1 rings (SSSR count). The van der Waals surface area contributed by atoms with Gasteiger partial charge in [-0.15, -0.1) is 0 Å². The van der Waals surface area contributed by atoms with E-state index in [0.29, 0.717) is 5.69 Å². The molecule has 1 atom stereocenters. The van der Waals surface area contributed by atoms with E-state index >= 15 is 0 Å². The Morgan fingerprint density at radius 2 is 2.06 bits per heavy atom. The van der Waals surface area contributed by atoms with Gasteiger partial charge in [0.05, 0.1) is 16.9 Å². The van der Waals surface area contributed by atoms with Crippen LogP contribution in [0.15, 0.2) is 18.2 Å². The van der Waals surface area contributed by atoms with Gasteiger partial charge in [0.2, 0.25) is 5.91 Å². The number of anilines is 2. The van der Waals surface area contributed by atoms with E-state index in [4.69, 9.17) is 11.5 Å². The quantitative estimate of drug-likeness (QED) is 0.725. The first-order chi connectivity index (χ1) is 8.20. The Hall–Kier alpha value is -1.92. The fourth-order valence-electron chi connectivity index (χ4n) is 1.49. The second-order valence-electron chi connectivity index (χ2n) is 4.02. The number of carbonyl (C=O) groups is 1. The summed E-state index contributed by atoms with van der Waals surface area (Å²) >= 11 is 0. The Balaban J connectivity index is 2.83. The Bertz CT molecular complexity index is 446. The van der Waals surface area contributed by atoms with E-state index in [1.165, 1.54) is 6.07 Å². The molecule has 0 fully saturated rings. The average Bonchev–Trinajstić information content (AvgIpc) is 2.18. The molecule has 4 nitrogen and oxygen atoms in total. The summed E-state index contributed by atoms with van der Waals surface area (Å²) < 4.78 is 37.2. The van der Waals surface area contributed by atoms with Crippen molar-refractivity contribution >= 4 is 17.3 Å². The van der Waals surface area contributed by atoms with E-state index in [1.54, 1.807) is 6.92 Å². The number of hydrogen-bond acceptors (Lipinski definition) is 3. The van der Waals surface area contributed by atoms with E-state index in [-0.39, 0.29) is 18.2 Å². The lowest BCUT2D eigenvalue weighted by atomic mass is 10.1. The zero-order valence-corrected chi connectivity index (χ0v) is 9.71. The lowest BCUT2D eigenvalue weighted by Crippen LogP contribution is -2.24. The molecule has 1 aromatic carbocycles. The van der Waals surface area contributed by atoms with Crippen molar-refractivity contribution in [3.05, 3.63) is 23.8 Å². The molecule has 5 N–H and O–H groups in total. The molecule has 18 heavy (non-hydrogen) atoms. The van der Waals surface area contributed by atoms with Crippen LogP contribution in [0.25, 0.3) is 0 Å². The van der Waals surface area contributed by atoms with Gasteiger partial charge in [0.1, 0.15) is 0 Å².